The standard InChI is InChI=1S/C14H11N3OS/c18-9-12-13(15-14-17(12)7-8-19-14)16-6-5-10-3-1-2-4-11(10)16/h1-4,7-9H,5-6H2. The van der Waals surface area contributed by atoms with Gasteiger partial charge in [-0.15, -0.1) is 11.3 Å². The Kier molecular flexibility index (Phi) is 2.22. The van der Waals surface area contributed by atoms with Crippen LogP contribution in [0.1, 0.15) is 16.1 Å². The lowest BCUT2D eigenvalue weighted by atomic mass is 10.2. The number of anilines is 2. The van der Waals surface area contributed by atoms with E-state index < -0.39 is 0 Å². The van der Waals surface area contributed by atoms with E-state index >= 15 is 0 Å². The highest BCUT2D eigenvalue weighted by Crippen LogP contribution is 2.35. The number of carbonyl (C=O) groups is 1. The fourth-order valence-electron chi connectivity index (χ4n) is 2.66. The Morgan fingerprint density at radius 3 is 3.11 bits per heavy atom. The van der Waals surface area contributed by atoms with Gasteiger partial charge in [0, 0.05) is 23.8 Å². The van der Waals surface area contributed by atoms with Gasteiger partial charge in [0.2, 0.25) is 0 Å². The predicted octanol–water partition coefficient (Wildman–Crippen LogP) is 2.90. The molecule has 4 nitrogen and oxygen atoms in total. The molecule has 0 atom stereocenters. The molecule has 3 aromatic rings. The van der Waals surface area contributed by atoms with Gasteiger partial charge in [-0.25, -0.2) is 4.98 Å². The number of thiazole rings is 1. The Morgan fingerprint density at radius 1 is 1.32 bits per heavy atom. The number of nitrogens with zero attached hydrogens (tertiary/aromatic N) is 3. The van der Waals surface area contributed by atoms with Crippen molar-refractivity contribution in [2.45, 2.75) is 6.42 Å². The first-order chi connectivity index (χ1) is 9.38. The molecule has 0 radical (unpaired) electrons. The maximum atomic E-state index is 11.4. The highest BCUT2D eigenvalue weighted by Gasteiger charge is 2.25. The second-order valence-corrected chi connectivity index (χ2v) is 5.40. The molecule has 2 aromatic heterocycles. The van der Waals surface area contributed by atoms with Gasteiger partial charge in [-0.1, -0.05) is 18.2 Å². The van der Waals surface area contributed by atoms with Crippen LogP contribution in [-0.4, -0.2) is 22.2 Å². The van der Waals surface area contributed by atoms with Gasteiger partial charge in [0.1, 0.15) is 5.69 Å². The first-order valence-corrected chi connectivity index (χ1v) is 7.02. The fourth-order valence-corrected chi connectivity index (χ4v) is 3.37. The zero-order valence-corrected chi connectivity index (χ0v) is 10.9. The predicted molar refractivity (Wildman–Crippen MR) is 75.6 cm³/mol. The molecular formula is C14H11N3OS. The normalized spacial score (nSPS) is 14.0. The van der Waals surface area contributed by atoms with Gasteiger partial charge in [0.05, 0.1) is 0 Å². The highest BCUT2D eigenvalue weighted by molar-refractivity contribution is 7.15. The van der Waals surface area contributed by atoms with E-state index in [1.54, 1.807) is 11.3 Å². The van der Waals surface area contributed by atoms with Gasteiger partial charge < -0.3 is 4.90 Å². The molecule has 0 amide bonds. The van der Waals surface area contributed by atoms with E-state index in [2.05, 4.69) is 28.1 Å². The molecule has 0 saturated carbocycles. The zero-order valence-electron chi connectivity index (χ0n) is 10.1. The molecule has 1 aromatic carbocycles. The minimum Gasteiger partial charge on any atom is -0.324 e. The van der Waals surface area contributed by atoms with Gasteiger partial charge in [-0.2, -0.15) is 0 Å². The summed E-state index contributed by atoms with van der Waals surface area (Å²) in [5.74, 6) is 0.770. The maximum Gasteiger partial charge on any atom is 0.196 e. The summed E-state index contributed by atoms with van der Waals surface area (Å²) in [5.41, 5.74) is 3.11. The monoisotopic (exact) mass is 269 g/mol. The summed E-state index contributed by atoms with van der Waals surface area (Å²) in [6.45, 7) is 0.880. The van der Waals surface area contributed by atoms with Crippen molar-refractivity contribution in [2.24, 2.45) is 0 Å². The molecule has 0 spiro atoms. The number of imidazole rings is 1. The topological polar surface area (TPSA) is 37.6 Å². The third-order valence-corrected chi connectivity index (χ3v) is 4.29. The number of rotatable bonds is 2. The lowest BCUT2D eigenvalue weighted by Gasteiger charge is -2.16. The van der Waals surface area contributed by atoms with Crippen LogP contribution in [0.2, 0.25) is 0 Å². The van der Waals surface area contributed by atoms with Crippen LogP contribution < -0.4 is 4.90 Å². The molecular weight excluding hydrogens is 258 g/mol. The number of carbonyl (C=O) groups excluding carboxylic acids is 1. The van der Waals surface area contributed by atoms with Crippen LogP contribution in [0.5, 0.6) is 0 Å². The number of para-hydroxylation sites is 1. The van der Waals surface area contributed by atoms with Crippen molar-refractivity contribution >= 4 is 34.1 Å². The van der Waals surface area contributed by atoms with Gasteiger partial charge in [0.15, 0.2) is 17.1 Å². The third kappa shape index (κ3) is 1.45. The fraction of sp³-hybridized carbons (Fsp3) is 0.143. The van der Waals surface area contributed by atoms with Crippen molar-refractivity contribution in [3.8, 4) is 0 Å². The summed E-state index contributed by atoms with van der Waals surface area (Å²) >= 11 is 1.54. The Morgan fingerprint density at radius 2 is 2.21 bits per heavy atom. The number of hydrogen-bond donors (Lipinski definition) is 0. The van der Waals surface area contributed by atoms with Crippen LogP contribution in [0.4, 0.5) is 11.5 Å². The van der Waals surface area contributed by atoms with Crippen molar-refractivity contribution in [2.75, 3.05) is 11.4 Å². The number of aldehydes is 1. The SMILES string of the molecule is O=Cc1c(N2CCc3ccccc32)nc2sccn12. The lowest BCUT2D eigenvalue weighted by Crippen LogP contribution is -2.15. The Bertz CT molecular complexity index is 774. The van der Waals surface area contributed by atoms with Crippen molar-refractivity contribution in [3.05, 3.63) is 47.1 Å². The van der Waals surface area contributed by atoms with Crippen LogP contribution in [0, 0.1) is 0 Å². The van der Waals surface area contributed by atoms with Crippen LogP contribution in [-0.2, 0) is 6.42 Å². The van der Waals surface area contributed by atoms with E-state index in [0.717, 1.165) is 35.7 Å². The van der Waals surface area contributed by atoms with E-state index in [4.69, 9.17) is 0 Å². The molecule has 1 aliphatic heterocycles. The first-order valence-electron chi connectivity index (χ1n) is 6.14. The summed E-state index contributed by atoms with van der Waals surface area (Å²) in [4.78, 5) is 19.0. The average molecular weight is 269 g/mol. The van der Waals surface area contributed by atoms with E-state index in [0.29, 0.717) is 5.69 Å². The summed E-state index contributed by atoms with van der Waals surface area (Å²) in [5, 5.41) is 1.94. The summed E-state index contributed by atoms with van der Waals surface area (Å²) in [6.07, 6.45) is 3.78. The Balaban J connectivity index is 1.92. The van der Waals surface area contributed by atoms with Crippen molar-refractivity contribution in [1.29, 1.82) is 0 Å². The number of fused-ring (bicyclic) bond motifs is 2. The number of hydrogen-bond acceptors (Lipinski definition) is 4. The molecule has 0 aliphatic carbocycles. The lowest BCUT2D eigenvalue weighted by molar-refractivity contribution is 0.111. The van der Waals surface area contributed by atoms with Gasteiger partial charge in [-0.3, -0.25) is 9.20 Å². The smallest absolute Gasteiger partial charge is 0.196 e. The van der Waals surface area contributed by atoms with Gasteiger partial charge in [0.25, 0.3) is 0 Å². The molecule has 3 heterocycles. The van der Waals surface area contributed by atoms with Crippen molar-refractivity contribution < 1.29 is 4.79 Å². The minimum atomic E-state index is 0.632. The van der Waals surface area contributed by atoms with Crippen LogP contribution in [0.3, 0.4) is 0 Å². The van der Waals surface area contributed by atoms with Gasteiger partial charge in [-0.05, 0) is 18.1 Å². The highest BCUT2D eigenvalue weighted by atomic mass is 32.1. The van der Waals surface area contributed by atoms with Crippen LogP contribution >= 0.6 is 11.3 Å². The molecule has 94 valence electrons. The maximum absolute atomic E-state index is 11.4. The third-order valence-electron chi connectivity index (χ3n) is 3.53. The summed E-state index contributed by atoms with van der Waals surface area (Å²) < 4.78 is 1.86. The van der Waals surface area contributed by atoms with E-state index in [1.807, 2.05) is 22.0 Å². The van der Waals surface area contributed by atoms with E-state index in [1.165, 1.54) is 5.56 Å². The molecule has 0 saturated heterocycles. The molecule has 0 unspecified atom stereocenters. The molecule has 0 bridgehead atoms. The molecule has 19 heavy (non-hydrogen) atoms. The first kappa shape index (κ1) is 10.8. The largest absolute Gasteiger partial charge is 0.324 e. The second-order valence-electron chi connectivity index (χ2n) is 4.52. The molecule has 0 N–H and O–H groups in total. The Labute approximate surface area is 113 Å². The second kappa shape index (κ2) is 3.93. The van der Waals surface area contributed by atoms with Crippen molar-refractivity contribution in [1.82, 2.24) is 9.38 Å². The molecule has 4 rings (SSSR count). The average Bonchev–Trinajstić information content (AvgIpc) is 3.11. The Hall–Kier alpha value is -2.14. The summed E-state index contributed by atoms with van der Waals surface area (Å²) in [7, 11) is 0. The van der Waals surface area contributed by atoms with Crippen LogP contribution in [0.15, 0.2) is 35.8 Å². The van der Waals surface area contributed by atoms with Crippen molar-refractivity contribution in [3.63, 3.8) is 0 Å². The van der Waals surface area contributed by atoms with Crippen LogP contribution in [0.25, 0.3) is 4.96 Å². The molecule has 1 aliphatic rings. The number of benzene rings is 1. The van der Waals surface area contributed by atoms with Gasteiger partial charge >= 0.3 is 0 Å². The molecule has 0 fully saturated rings. The zero-order chi connectivity index (χ0) is 12.8. The number of aromatic nitrogens is 2. The summed E-state index contributed by atoms with van der Waals surface area (Å²) in [6, 6.07) is 8.30. The van der Waals surface area contributed by atoms with E-state index in [-0.39, 0.29) is 0 Å². The molecule has 5 heteroatoms. The van der Waals surface area contributed by atoms with E-state index in [9.17, 15) is 4.79 Å². The minimum absolute atomic E-state index is 0.632. The quantitative estimate of drug-likeness (QED) is 0.671.